The van der Waals surface area contributed by atoms with Gasteiger partial charge in [-0.1, -0.05) is 0 Å². The zero-order valence-electron chi connectivity index (χ0n) is 7.94. The Balaban J connectivity index is 0.000000252. The minimum absolute atomic E-state index is 0. The van der Waals surface area contributed by atoms with Crippen molar-refractivity contribution in [3.05, 3.63) is 18.7 Å². The molecule has 0 amide bonds. The van der Waals surface area contributed by atoms with Gasteiger partial charge in [-0.15, -0.1) is 0 Å². The van der Waals surface area contributed by atoms with Gasteiger partial charge in [0.25, 0.3) is 0 Å². The SMILES string of the molecule is CC[n+]1ccn(C)c1.N#CCC#N. The summed E-state index contributed by atoms with van der Waals surface area (Å²) in [5.74, 6) is 0. The Morgan fingerprint density at radius 3 is 2.15 bits per heavy atom. The molecule has 0 atom stereocenters. The van der Waals surface area contributed by atoms with Crippen LogP contribution in [0.4, 0.5) is 0 Å². The van der Waals surface area contributed by atoms with Crippen molar-refractivity contribution in [2.24, 2.45) is 7.05 Å². The summed E-state index contributed by atoms with van der Waals surface area (Å²) in [5.41, 5.74) is 0. The van der Waals surface area contributed by atoms with E-state index in [0.717, 1.165) is 6.54 Å². The molecule has 0 radical (unpaired) electrons. The van der Waals surface area contributed by atoms with Gasteiger partial charge >= 0.3 is 0 Å². The molecule has 0 aliphatic rings. The van der Waals surface area contributed by atoms with Crippen LogP contribution in [0.3, 0.4) is 0 Å². The lowest BCUT2D eigenvalue weighted by atomic mass is 10.5. The predicted octanol–water partition coefficient (Wildman–Crippen LogP) is 0.756. The van der Waals surface area contributed by atoms with Crippen LogP contribution in [0.5, 0.6) is 0 Å². The monoisotopic (exact) mass is 177 g/mol. The predicted molar refractivity (Wildman–Crippen MR) is 47.1 cm³/mol. The molecule has 0 spiro atoms. The largest absolute Gasteiger partial charge is 0.243 e. The van der Waals surface area contributed by atoms with Crippen molar-refractivity contribution in [2.45, 2.75) is 19.9 Å². The summed E-state index contributed by atoms with van der Waals surface area (Å²) in [7, 11) is 2.02. The number of nitrogens with zero attached hydrogens (tertiary/aromatic N) is 4. The van der Waals surface area contributed by atoms with Gasteiger partial charge in [0.05, 0.1) is 25.7 Å². The van der Waals surface area contributed by atoms with Crippen LogP contribution in [0, 0.1) is 22.7 Å². The van der Waals surface area contributed by atoms with Crippen LogP contribution in [0.2, 0.25) is 0 Å². The van der Waals surface area contributed by atoms with E-state index in [1.54, 1.807) is 12.1 Å². The molecule has 4 nitrogen and oxygen atoms in total. The Labute approximate surface area is 78.3 Å². The topological polar surface area (TPSA) is 56.4 Å². The van der Waals surface area contributed by atoms with Crippen molar-refractivity contribution in [3.8, 4) is 12.1 Å². The van der Waals surface area contributed by atoms with Gasteiger partial charge in [0.1, 0.15) is 18.8 Å². The first-order chi connectivity index (χ1) is 6.24. The molecule has 0 aromatic carbocycles. The zero-order valence-corrected chi connectivity index (χ0v) is 7.94. The second kappa shape index (κ2) is 6.87. The maximum absolute atomic E-state index is 7.59. The first-order valence-corrected chi connectivity index (χ1v) is 3.99. The molecule has 1 heterocycles. The lowest BCUT2D eigenvalue weighted by Gasteiger charge is -1.81. The van der Waals surface area contributed by atoms with E-state index in [1.807, 2.05) is 17.8 Å². The van der Waals surface area contributed by atoms with Crippen molar-refractivity contribution >= 4 is 0 Å². The van der Waals surface area contributed by atoms with E-state index < -0.39 is 0 Å². The third-order valence-electron chi connectivity index (χ3n) is 1.35. The molecule has 0 bridgehead atoms. The van der Waals surface area contributed by atoms with Crippen molar-refractivity contribution in [3.63, 3.8) is 0 Å². The average molecular weight is 177 g/mol. The van der Waals surface area contributed by atoms with Crippen LogP contribution in [-0.4, -0.2) is 4.57 Å². The maximum atomic E-state index is 7.59. The number of hydrogen-bond donors (Lipinski definition) is 0. The van der Waals surface area contributed by atoms with Crippen molar-refractivity contribution in [1.29, 1.82) is 10.5 Å². The minimum atomic E-state index is 0. The molecule has 0 aliphatic heterocycles. The van der Waals surface area contributed by atoms with E-state index in [0.29, 0.717) is 0 Å². The highest BCUT2D eigenvalue weighted by Gasteiger charge is 1.92. The molecule has 4 heteroatoms. The summed E-state index contributed by atoms with van der Waals surface area (Å²) >= 11 is 0. The van der Waals surface area contributed by atoms with Crippen molar-refractivity contribution in [2.75, 3.05) is 0 Å². The molecular formula is C9H13N4+. The van der Waals surface area contributed by atoms with Crippen LogP contribution in [0.15, 0.2) is 18.7 Å². The summed E-state index contributed by atoms with van der Waals surface area (Å²) < 4.78 is 4.16. The quantitative estimate of drug-likeness (QED) is 0.594. The number of aromatic nitrogens is 2. The average Bonchev–Trinajstić information content (AvgIpc) is 2.54. The van der Waals surface area contributed by atoms with E-state index in [2.05, 4.69) is 24.0 Å². The smallest absolute Gasteiger partial charge is 0.240 e. The Morgan fingerprint density at radius 1 is 1.38 bits per heavy atom. The summed E-state index contributed by atoms with van der Waals surface area (Å²) in [4.78, 5) is 0. The lowest BCUT2D eigenvalue weighted by molar-refractivity contribution is -0.693. The van der Waals surface area contributed by atoms with E-state index in [-0.39, 0.29) is 6.42 Å². The fourth-order valence-electron chi connectivity index (χ4n) is 0.724. The number of nitriles is 2. The van der Waals surface area contributed by atoms with Crippen LogP contribution in [0.1, 0.15) is 13.3 Å². The molecule has 13 heavy (non-hydrogen) atoms. The highest BCUT2D eigenvalue weighted by Crippen LogP contribution is 1.74. The molecule has 0 unspecified atom stereocenters. The molecule has 1 aromatic heterocycles. The van der Waals surface area contributed by atoms with Crippen LogP contribution >= 0.6 is 0 Å². The highest BCUT2D eigenvalue weighted by atomic mass is 15.1. The molecule has 0 fully saturated rings. The highest BCUT2D eigenvalue weighted by molar-refractivity contribution is 4.85. The minimum Gasteiger partial charge on any atom is -0.240 e. The van der Waals surface area contributed by atoms with Crippen molar-refractivity contribution < 1.29 is 4.57 Å². The summed E-state index contributed by atoms with van der Waals surface area (Å²) in [6.07, 6.45) is 6.14. The molecule has 0 saturated heterocycles. The molecule has 1 aromatic rings. The maximum Gasteiger partial charge on any atom is 0.243 e. The van der Waals surface area contributed by atoms with Gasteiger partial charge in [-0.25, -0.2) is 9.13 Å². The third-order valence-corrected chi connectivity index (χ3v) is 1.35. The van der Waals surface area contributed by atoms with Gasteiger partial charge in [-0.2, -0.15) is 10.5 Å². The van der Waals surface area contributed by atoms with Crippen LogP contribution < -0.4 is 4.57 Å². The number of hydrogen-bond acceptors (Lipinski definition) is 2. The normalized spacial score (nSPS) is 7.69. The molecular weight excluding hydrogens is 164 g/mol. The Kier molecular flexibility index (Phi) is 5.92. The fourth-order valence-corrected chi connectivity index (χ4v) is 0.724. The van der Waals surface area contributed by atoms with Gasteiger partial charge in [0.2, 0.25) is 6.33 Å². The van der Waals surface area contributed by atoms with E-state index in [4.69, 9.17) is 10.5 Å². The van der Waals surface area contributed by atoms with Gasteiger partial charge in [0, 0.05) is 0 Å². The standard InChI is InChI=1S/C6H11N2.C3H2N2/c1-3-8-5-4-7(2)6-8;4-2-1-3-5/h4-6H,3H2,1-2H3;1H2/q+1;. The molecule has 68 valence electrons. The molecule has 0 aliphatic carbocycles. The van der Waals surface area contributed by atoms with Crippen molar-refractivity contribution in [1.82, 2.24) is 4.57 Å². The zero-order chi connectivity index (χ0) is 10.1. The second-order valence-corrected chi connectivity index (χ2v) is 2.40. The molecule has 0 N–H and O–H groups in total. The lowest BCUT2D eigenvalue weighted by Crippen LogP contribution is -2.28. The Bertz CT molecular complexity index is 301. The Hall–Kier alpha value is -1.81. The van der Waals surface area contributed by atoms with Gasteiger partial charge < -0.3 is 0 Å². The first kappa shape index (κ1) is 11.2. The van der Waals surface area contributed by atoms with Gasteiger partial charge in [-0.05, 0) is 6.92 Å². The molecule has 0 saturated carbocycles. The summed E-state index contributed by atoms with van der Waals surface area (Å²) in [6.45, 7) is 3.18. The number of aryl methyl sites for hydroxylation is 2. The van der Waals surface area contributed by atoms with Crippen LogP contribution in [0.25, 0.3) is 0 Å². The Morgan fingerprint density at radius 2 is 2.00 bits per heavy atom. The van der Waals surface area contributed by atoms with E-state index in [1.165, 1.54) is 0 Å². The summed E-state index contributed by atoms with van der Waals surface area (Å²) in [6, 6.07) is 3.31. The number of imidazole rings is 1. The van der Waals surface area contributed by atoms with Gasteiger partial charge in [0.15, 0.2) is 0 Å². The summed E-state index contributed by atoms with van der Waals surface area (Å²) in [5, 5.41) is 15.2. The van der Waals surface area contributed by atoms with E-state index in [9.17, 15) is 0 Å². The van der Waals surface area contributed by atoms with E-state index >= 15 is 0 Å². The second-order valence-electron chi connectivity index (χ2n) is 2.40. The molecule has 1 rings (SSSR count). The number of rotatable bonds is 1. The van der Waals surface area contributed by atoms with Gasteiger partial charge in [-0.3, -0.25) is 0 Å². The van der Waals surface area contributed by atoms with Crippen LogP contribution in [-0.2, 0) is 13.6 Å². The fraction of sp³-hybridized carbons (Fsp3) is 0.444. The third kappa shape index (κ3) is 5.46. The first-order valence-electron chi connectivity index (χ1n) is 3.99.